The minimum absolute atomic E-state index is 0.448. The predicted molar refractivity (Wildman–Crippen MR) is 118 cm³/mol. The van der Waals surface area contributed by atoms with Gasteiger partial charge < -0.3 is 9.67 Å². The van der Waals surface area contributed by atoms with Gasteiger partial charge in [-0.25, -0.2) is 4.98 Å². The first-order valence-corrected chi connectivity index (χ1v) is 11.6. The quantitative estimate of drug-likeness (QED) is 0.665. The van der Waals surface area contributed by atoms with Gasteiger partial charge in [0.1, 0.15) is 11.2 Å². The molecule has 0 bridgehead atoms. The smallest absolute Gasteiger partial charge is 0.140 e. The Balaban J connectivity index is 1.52. The number of hydrogen-bond acceptors (Lipinski definition) is 4. The molecule has 3 aliphatic rings. The van der Waals surface area contributed by atoms with Crippen LogP contribution in [0.2, 0.25) is 5.02 Å². The fraction of sp³-hybridized carbons (Fsp3) is 0.500. The normalized spacial score (nSPS) is 26.3. The molecular weight excluding hydrogens is 396 g/mol. The summed E-state index contributed by atoms with van der Waals surface area (Å²) in [7, 11) is 0. The molecule has 1 saturated heterocycles. The van der Waals surface area contributed by atoms with Crippen LogP contribution in [0.15, 0.2) is 30.7 Å². The SMILES string of the molecule is OC1(Cn2c3c(c4cc(Cl)cnc42)C2CCCCN2CC3)CCCc2cnccc21. The zero-order valence-electron chi connectivity index (χ0n) is 17.1. The number of pyridine rings is 2. The number of piperidine rings is 1. The van der Waals surface area contributed by atoms with Crippen molar-refractivity contribution >= 4 is 22.6 Å². The number of aryl methyl sites for hydroxylation is 1. The molecule has 2 atom stereocenters. The summed E-state index contributed by atoms with van der Waals surface area (Å²) < 4.78 is 2.31. The van der Waals surface area contributed by atoms with Crippen LogP contribution < -0.4 is 0 Å². The highest BCUT2D eigenvalue weighted by molar-refractivity contribution is 6.31. The van der Waals surface area contributed by atoms with Crippen molar-refractivity contribution in [3.63, 3.8) is 0 Å². The lowest BCUT2D eigenvalue weighted by Gasteiger charge is -2.40. The lowest BCUT2D eigenvalue weighted by atomic mass is 9.80. The third-order valence-corrected chi connectivity index (χ3v) is 7.67. The number of aromatic nitrogens is 3. The first-order valence-electron chi connectivity index (χ1n) is 11.2. The maximum absolute atomic E-state index is 11.8. The van der Waals surface area contributed by atoms with Crippen LogP contribution in [0.25, 0.3) is 11.0 Å². The molecule has 3 aromatic rings. The number of halogens is 1. The Labute approximate surface area is 181 Å². The molecule has 5 nitrogen and oxygen atoms in total. The number of fused-ring (bicyclic) bond motifs is 6. The Morgan fingerprint density at radius 2 is 2.10 bits per heavy atom. The molecule has 6 rings (SSSR count). The van der Waals surface area contributed by atoms with Crippen molar-refractivity contribution in [3.05, 3.63) is 58.1 Å². The predicted octanol–water partition coefficient (Wildman–Crippen LogP) is 4.39. The molecule has 2 unspecified atom stereocenters. The van der Waals surface area contributed by atoms with Gasteiger partial charge in [-0.05, 0) is 67.5 Å². The van der Waals surface area contributed by atoms with Crippen molar-refractivity contribution in [2.45, 2.75) is 63.1 Å². The molecule has 1 fully saturated rings. The third kappa shape index (κ3) is 2.83. The number of nitrogens with zero attached hydrogens (tertiary/aromatic N) is 4. The summed E-state index contributed by atoms with van der Waals surface area (Å²) >= 11 is 6.39. The van der Waals surface area contributed by atoms with Crippen LogP contribution in [0.3, 0.4) is 0 Å². The molecule has 0 amide bonds. The van der Waals surface area contributed by atoms with Crippen molar-refractivity contribution in [1.29, 1.82) is 0 Å². The lowest BCUT2D eigenvalue weighted by Crippen LogP contribution is -2.40. The van der Waals surface area contributed by atoms with Crippen LogP contribution in [-0.4, -0.2) is 37.6 Å². The molecule has 5 heterocycles. The van der Waals surface area contributed by atoms with E-state index in [9.17, 15) is 5.11 Å². The highest BCUT2D eigenvalue weighted by atomic mass is 35.5. The third-order valence-electron chi connectivity index (χ3n) is 7.46. The van der Waals surface area contributed by atoms with E-state index in [1.165, 1.54) is 48.0 Å². The monoisotopic (exact) mass is 422 g/mol. The first kappa shape index (κ1) is 18.8. The van der Waals surface area contributed by atoms with Crippen LogP contribution in [-0.2, 0) is 25.0 Å². The van der Waals surface area contributed by atoms with Crippen LogP contribution in [0.4, 0.5) is 0 Å². The number of rotatable bonds is 2. The van der Waals surface area contributed by atoms with E-state index in [1.54, 1.807) is 12.4 Å². The van der Waals surface area contributed by atoms with Crippen LogP contribution in [0.1, 0.15) is 60.5 Å². The standard InChI is InChI=1S/C24H27ClN4O/c25-17-12-18-22-20-5-1-2-10-28(20)11-7-21(22)29(23(18)27-14-17)15-24(30)8-3-4-16-13-26-9-6-19(16)24/h6,9,12-14,20,30H,1-5,7-8,10-11,15H2. The van der Waals surface area contributed by atoms with Gasteiger partial charge in [-0.3, -0.25) is 9.88 Å². The maximum atomic E-state index is 11.8. The van der Waals surface area contributed by atoms with Gasteiger partial charge in [-0.15, -0.1) is 0 Å². The van der Waals surface area contributed by atoms with Crippen molar-refractivity contribution in [2.24, 2.45) is 0 Å². The van der Waals surface area contributed by atoms with Gasteiger partial charge in [0, 0.05) is 48.7 Å². The van der Waals surface area contributed by atoms with Crippen LogP contribution in [0, 0.1) is 0 Å². The van der Waals surface area contributed by atoms with Gasteiger partial charge in [0.25, 0.3) is 0 Å². The van der Waals surface area contributed by atoms with Gasteiger partial charge in [0.2, 0.25) is 0 Å². The zero-order valence-corrected chi connectivity index (χ0v) is 17.9. The van der Waals surface area contributed by atoms with E-state index in [4.69, 9.17) is 16.6 Å². The largest absolute Gasteiger partial charge is 0.383 e. The average Bonchev–Trinajstić information content (AvgIpc) is 3.07. The van der Waals surface area contributed by atoms with Gasteiger partial charge in [0.15, 0.2) is 0 Å². The Bertz CT molecular complexity index is 1130. The minimum atomic E-state index is -0.888. The van der Waals surface area contributed by atoms with E-state index < -0.39 is 5.60 Å². The Kier molecular flexibility index (Phi) is 4.41. The highest BCUT2D eigenvalue weighted by Gasteiger charge is 2.39. The van der Waals surface area contributed by atoms with Crippen molar-refractivity contribution in [3.8, 4) is 0 Å². The maximum Gasteiger partial charge on any atom is 0.140 e. The van der Waals surface area contributed by atoms with E-state index >= 15 is 0 Å². The molecule has 1 aliphatic carbocycles. The molecule has 0 spiro atoms. The van der Waals surface area contributed by atoms with E-state index in [1.807, 2.05) is 12.3 Å². The number of hydrogen-bond donors (Lipinski definition) is 1. The molecule has 156 valence electrons. The summed E-state index contributed by atoms with van der Waals surface area (Å²) in [5.41, 5.74) is 5.03. The molecule has 0 saturated carbocycles. The van der Waals surface area contributed by atoms with Crippen LogP contribution in [0.5, 0.6) is 0 Å². The summed E-state index contributed by atoms with van der Waals surface area (Å²) in [6.07, 6.45) is 12.9. The fourth-order valence-corrected chi connectivity index (χ4v) is 6.29. The zero-order chi connectivity index (χ0) is 20.3. The Morgan fingerprint density at radius 3 is 3.03 bits per heavy atom. The first-order chi connectivity index (χ1) is 14.6. The summed E-state index contributed by atoms with van der Waals surface area (Å²) in [6, 6.07) is 4.53. The summed E-state index contributed by atoms with van der Waals surface area (Å²) in [5.74, 6) is 0. The van der Waals surface area contributed by atoms with Crippen molar-refractivity contribution < 1.29 is 5.11 Å². The summed E-state index contributed by atoms with van der Waals surface area (Å²) in [4.78, 5) is 11.7. The summed E-state index contributed by atoms with van der Waals surface area (Å²) in [6.45, 7) is 2.80. The second-order valence-electron chi connectivity index (χ2n) is 9.19. The van der Waals surface area contributed by atoms with E-state index in [0.717, 1.165) is 43.4 Å². The second kappa shape index (κ2) is 7.04. The number of aliphatic hydroxyl groups is 1. The molecule has 0 aromatic carbocycles. The van der Waals surface area contributed by atoms with Gasteiger partial charge in [-0.1, -0.05) is 18.0 Å². The van der Waals surface area contributed by atoms with Crippen molar-refractivity contribution in [2.75, 3.05) is 13.1 Å². The molecule has 6 heteroatoms. The Morgan fingerprint density at radius 1 is 1.17 bits per heavy atom. The topological polar surface area (TPSA) is 54.2 Å². The lowest BCUT2D eigenvalue weighted by molar-refractivity contribution is 0.00119. The Hall–Kier alpha value is -1.95. The molecule has 30 heavy (non-hydrogen) atoms. The summed E-state index contributed by atoms with van der Waals surface area (Å²) in [5, 5.41) is 13.7. The van der Waals surface area contributed by atoms with Gasteiger partial charge in [0.05, 0.1) is 11.6 Å². The fourth-order valence-electron chi connectivity index (χ4n) is 6.13. The molecular formula is C24H27ClN4O. The highest BCUT2D eigenvalue weighted by Crippen LogP contribution is 2.44. The average molecular weight is 423 g/mol. The van der Waals surface area contributed by atoms with Gasteiger partial charge >= 0.3 is 0 Å². The molecule has 1 N–H and O–H groups in total. The second-order valence-corrected chi connectivity index (χ2v) is 9.62. The van der Waals surface area contributed by atoms with E-state index in [-0.39, 0.29) is 0 Å². The molecule has 3 aromatic heterocycles. The van der Waals surface area contributed by atoms with E-state index in [0.29, 0.717) is 17.6 Å². The van der Waals surface area contributed by atoms with E-state index in [2.05, 4.69) is 20.5 Å². The van der Waals surface area contributed by atoms with Gasteiger partial charge in [-0.2, -0.15) is 0 Å². The molecule has 0 radical (unpaired) electrons. The minimum Gasteiger partial charge on any atom is -0.383 e. The molecule has 2 aliphatic heterocycles. The van der Waals surface area contributed by atoms with Crippen molar-refractivity contribution in [1.82, 2.24) is 19.4 Å². The van der Waals surface area contributed by atoms with Crippen LogP contribution >= 0.6 is 11.6 Å².